The van der Waals surface area contributed by atoms with E-state index in [2.05, 4.69) is 62.4 Å². The average molecular weight is 427 g/mol. The van der Waals surface area contributed by atoms with Crippen molar-refractivity contribution in [1.29, 1.82) is 0 Å². The van der Waals surface area contributed by atoms with Crippen LogP contribution in [0.15, 0.2) is 89.5 Å². The number of nitrogens with zero attached hydrogens (tertiary/aromatic N) is 4. The highest BCUT2D eigenvalue weighted by atomic mass is 16.5. The van der Waals surface area contributed by atoms with E-state index < -0.39 is 0 Å². The Morgan fingerprint density at radius 1 is 0.781 bits per heavy atom. The lowest BCUT2D eigenvalue weighted by Crippen LogP contribution is -2.46. The second-order valence-corrected chi connectivity index (χ2v) is 7.91. The summed E-state index contributed by atoms with van der Waals surface area (Å²) >= 11 is 0. The molecule has 5 rings (SSSR count). The van der Waals surface area contributed by atoms with Crippen molar-refractivity contribution in [3.63, 3.8) is 0 Å². The third-order valence-electron chi connectivity index (χ3n) is 5.68. The zero-order chi connectivity index (χ0) is 21.6. The lowest BCUT2D eigenvalue weighted by molar-refractivity contribution is 0.215. The Hall–Kier alpha value is -3.64. The van der Waals surface area contributed by atoms with Crippen LogP contribution in [-0.4, -0.2) is 41.2 Å². The molecule has 0 unspecified atom stereocenters. The molecule has 32 heavy (non-hydrogen) atoms. The van der Waals surface area contributed by atoms with Gasteiger partial charge < -0.3 is 14.2 Å². The summed E-state index contributed by atoms with van der Waals surface area (Å²) in [7, 11) is 0. The van der Waals surface area contributed by atoms with Gasteiger partial charge in [-0.3, -0.25) is 4.90 Å². The van der Waals surface area contributed by atoms with Gasteiger partial charge in [-0.15, -0.1) is 0 Å². The Balaban J connectivity index is 1.14. The van der Waals surface area contributed by atoms with Gasteiger partial charge in [0.25, 0.3) is 0 Å². The highest BCUT2D eigenvalue weighted by molar-refractivity contribution is 5.55. The first-order chi connectivity index (χ1) is 15.8. The molecule has 162 valence electrons. The van der Waals surface area contributed by atoms with E-state index in [0.29, 0.717) is 24.9 Å². The fourth-order valence-corrected chi connectivity index (χ4v) is 3.87. The predicted molar refractivity (Wildman–Crippen MR) is 124 cm³/mol. The Morgan fingerprint density at radius 2 is 1.47 bits per heavy atom. The molecular formula is C26H26N4O2. The molecule has 0 bridgehead atoms. The third-order valence-corrected chi connectivity index (χ3v) is 5.68. The lowest BCUT2D eigenvalue weighted by atomic mass is 10.2. The molecule has 4 aromatic rings. The van der Waals surface area contributed by atoms with Gasteiger partial charge in [0.2, 0.25) is 11.7 Å². The van der Waals surface area contributed by atoms with Gasteiger partial charge in [0.15, 0.2) is 0 Å². The minimum absolute atomic E-state index is 0.546. The summed E-state index contributed by atoms with van der Waals surface area (Å²) in [6.45, 7) is 5.16. The fourth-order valence-electron chi connectivity index (χ4n) is 3.87. The number of rotatable bonds is 7. The van der Waals surface area contributed by atoms with Gasteiger partial charge in [0, 0.05) is 37.4 Å². The molecule has 1 aliphatic rings. The molecule has 0 aliphatic carbocycles. The van der Waals surface area contributed by atoms with Crippen molar-refractivity contribution < 1.29 is 9.26 Å². The van der Waals surface area contributed by atoms with E-state index in [0.717, 1.165) is 43.1 Å². The van der Waals surface area contributed by atoms with E-state index in [1.165, 1.54) is 5.69 Å². The van der Waals surface area contributed by atoms with Gasteiger partial charge in [-0.25, -0.2) is 0 Å². The van der Waals surface area contributed by atoms with Crippen molar-refractivity contribution in [3.8, 4) is 17.1 Å². The van der Waals surface area contributed by atoms with Gasteiger partial charge in [0.1, 0.15) is 12.4 Å². The lowest BCUT2D eigenvalue weighted by Gasteiger charge is -2.35. The number of piperazine rings is 1. The number of anilines is 1. The topological polar surface area (TPSA) is 54.6 Å². The first-order valence-electron chi connectivity index (χ1n) is 11.0. The monoisotopic (exact) mass is 426 g/mol. The van der Waals surface area contributed by atoms with Crippen LogP contribution in [0.3, 0.4) is 0 Å². The van der Waals surface area contributed by atoms with Crippen LogP contribution < -0.4 is 9.64 Å². The molecule has 0 spiro atoms. The van der Waals surface area contributed by atoms with Crippen molar-refractivity contribution in [2.24, 2.45) is 0 Å². The van der Waals surface area contributed by atoms with Crippen LogP contribution in [0, 0.1) is 0 Å². The zero-order valence-corrected chi connectivity index (χ0v) is 17.9. The van der Waals surface area contributed by atoms with Crippen LogP contribution in [0.2, 0.25) is 0 Å². The summed E-state index contributed by atoms with van der Waals surface area (Å²) in [4.78, 5) is 9.37. The smallest absolute Gasteiger partial charge is 0.241 e. The quantitative estimate of drug-likeness (QED) is 0.429. The molecule has 3 aromatic carbocycles. The fraction of sp³-hybridized carbons (Fsp3) is 0.231. The van der Waals surface area contributed by atoms with Crippen molar-refractivity contribution >= 4 is 5.69 Å². The highest BCUT2D eigenvalue weighted by Gasteiger charge is 2.19. The summed E-state index contributed by atoms with van der Waals surface area (Å²) in [5, 5.41) is 4.17. The molecule has 6 heteroatoms. The van der Waals surface area contributed by atoms with Crippen LogP contribution in [0.25, 0.3) is 11.4 Å². The molecule has 1 fully saturated rings. The Labute approximate surface area is 188 Å². The molecule has 0 amide bonds. The molecule has 1 saturated heterocycles. The van der Waals surface area contributed by atoms with Crippen molar-refractivity contribution in [2.75, 3.05) is 31.1 Å². The van der Waals surface area contributed by atoms with Crippen molar-refractivity contribution in [2.45, 2.75) is 13.2 Å². The normalized spacial score (nSPS) is 14.4. The summed E-state index contributed by atoms with van der Waals surface area (Å²) in [6.07, 6.45) is 0. The minimum atomic E-state index is 0.546. The summed E-state index contributed by atoms with van der Waals surface area (Å²) < 4.78 is 11.4. The summed E-state index contributed by atoms with van der Waals surface area (Å²) in [5.74, 6) is 2.08. The largest absolute Gasteiger partial charge is 0.489 e. The van der Waals surface area contributed by atoms with Gasteiger partial charge in [-0.2, -0.15) is 4.98 Å². The van der Waals surface area contributed by atoms with E-state index in [9.17, 15) is 0 Å². The van der Waals surface area contributed by atoms with Crippen LogP contribution in [0.1, 0.15) is 11.5 Å². The van der Waals surface area contributed by atoms with Gasteiger partial charge in [0.05, 0.1) is 6.54 Å². The van der Waals surface area contributed by atoms with E-state index in [-0.39, 0.29) is 0 Å². The Kier molecular flexibility index (Phi) is 6.12. The van der Waals surface area contributed by atoms with Crippen LogP contribution in [-0.2, 0) is 13.2 Å². The SMILES string of the molecule is c1ccc(COc2ccc(-c3noc(CN4CCN(c5ccccc5)CC4)n3)cc2)cc1. The van der Waals surface area contributed by atoms with Crippen molar-refractivity contribution in [3.05, 3.63) is 96.4 Å². The van der Waals surface area contributed by atoms with Gasteiger partial charge in [-0.1, -0.05) is 53.7 Å². The molecular weight excluding hydrogens is 400 g/mol. The van der Waals surface area contributed by atoms with Crippen molar-refractivity contribution in [1.82, 2.24) is 15.0 Å². The van der Waals surface area contributed by atoms with E-state index in [4.69, 9.17) is 9.26 Å². The number of para-hydroxylation sites is 1. The van der Waals surface area contributed by atoms with Gasteiger partial charge >= 0.3 is 0 Å². The summed E-state index contributed by atoms with van der Waals surface area (Å²) in [5.41, 5.74) is 3.34. The number of hydrogen-bond donors (Lipinski definition) is 0. The first-order valence-corrected chi connectivity index (χ1v) is 11.0. The van der Waals surface area contributed by atoms with Crippen LogP contribution in [0.5, 0.6) is 5.75 Å². The molecule has 0 atom stereocenters. The number of ether oxygens (including phenoxy) is 1. The highest BCUT2D eigenvalue weighted by Crippen LogP contribution is 2.22. The molecule has 1 aromatic heterocycles. The Morgan fingerprint density at radius 3 is 2.19 bits per heavy atom. The second kappa shape index (κ2) is 9.66. The maximum atomic E-state index is 5.85. The molecule has 6 nitrogen and oxygen atoms in total. The number of hydrogen-bond acceptors (Lipinski definition) is 6. The Bertz CT molecular complexity index is 1110. The third kappa shape index (κ3) is 4.98. The maximum Gasteiger partial charge on any atom is 0.241 e. The van der Waals surface area contributed by atoms with E-state index in [1.54, 1.807) is 0 Å². The maximum absolute atomic E-state index is 5.85. The minimum Gasteiger partial charge on any atom is -0.489 e. The first kappa shape index (κ1) is 20.3. The van der Waals surface area contributed by atoms with Gasteiger partial charge in [-0.05, 0) is 42.0 Å². The molecule has 0 N–H and O–H groups in total. The van der Waals surface area contributed by atoms with Crippen LogP contribution in [0.4, 0.5) is 5.69 Å². The predicted octanol–water partition coefficient (Wildman–Crippen LogP) is 4.64. The average Bonchev–Trinajstić information content (AvgIpc) is 3.33. The molecule has 0 radical (unpaired) electrons. The molecule has 2 heterocycles. The zero-order valence-electron chi connectivity index (χ0n) is 17.9. The standard InChI is InChI=1S/C26H26N4O2/c1-3-7-21(8-4-1)20-31-24-13-11-22(12-14-24)26-27-25(32-28-26)19-29-15-17-30(18-16-29)23-9-5-2-6-10-23/h1-14H,15-20H2. The summed E-state index contributed by atoms with van der Waals surface area (Å²) in [6, 6.07) is 28.5. The van der Waals surface area contributed by atoms with E-state index in [1.807, 2.05) is 42.5 Å². The van der Waals surface area contributed by atoms with Crippen LogP contribution >= 0.6 is 0 Å². The van der Waals surface area contributed by atoms with E-state index >= 15 is 0 Å². The second-order valence-electron chi connectivity index (χ2n) is 7.91. The number of benzene rings is 3. The number of aromatic nitrogens is 2. The molecule has 0 saturated carbocycles. The molecule has 1 aliphatic heterocycles.